The van der Waals surface area contributed by atoms with Gasteiger partial charge in [-0.3, -0.25) is 4.79 Å². The van der Waals surface area contributed by atoms with Crippen molar-refractivity contribution in [1.29, 1.82) is 0 Å². The average Bonchev–Trinajstić information content (AvgIpc) is 3.19. The van der Waals surface area contributed by atoms with E-state index in [9.17, 15) is 9.90 Å². The average molecular weight is 247 g/mol. The highest BCUT2D eigenvalue weighted by atomic mass is 16.4. The van der Waals surface area contributed by atoms with E-state index in [2.05, 4.69) is 24.4 Å². The molecule has 3 heteroatoms. The minimum atomic E-state index is -0.705. The molecule has 3 nitrogen and oxygen atoms in total. The van der Waals surface area contributed by atoms with Crippen LogP contribution in [0.3, 0.4) is 0 Å². The summed E-state index contributed by atoms with van der Waals surface area (Å²) in [5.41, 5.74) is 1.26. The van der Waals surface area contributed by atoms with E-state index in [0.29, 0.717) is 5.92 Å². The summed E-state index contributed by atoms with van der Waals surface area (Å²) in [7, 11) is 0. The maximum atomic E-state index is 11.2. The Morgan fingerprint density at radius 3 is 2.56 bits per heavy atom. The fourth-order valence-electron chi connectivity index (χ4n) is 2.31. The molecule has 0 aromatic heterocycles. The van der Waals surface area contributed by atoms with Crippen molar-refractivity contribution in [3.63, 3.8) is 0 Å². The first kappa shape index (κ1) is 13.1. The molecule has 0 aliphatic heterocycles. The van der Waals surface area contributed by atoms with Crippen molar-refractivity contribution in [3.05, 3.63) is 35.9 Å². The lowest BCUT2D eigenvalue weighted by molar-refractivity contribution is -0.140. The molecular formula is C15H21NO2. The van der Waals surface area contributed by atoms with Crippen LogP contribution < -0.4 is 5.32 Å². The van der Waals surface area contributed by atoms with E-state index >= 15 is 0 Å². The summed E-state index contributed by atoms with van der Waals surface area (Å²) < 4.78 is 0. The maximum Gasteiger partial charge on any atom is 0.320 e. The molecule has 0 radical (unpaired) electrons. The number of aliphatic carboxylic acids is 1. The third-order valence-electron chi connectivity index (χ3n) is 3.59. The zero-order valence-electron chi connectivity index (χ0n) is 10.8. The van der Waals surface area contributed by atoms with Crippen LogP contribution in [0.4, 0.5) is 0 Å². The van der Waals surface area contributed by atoms with Gasteiger partial charge >= 0.3 is 5.97 Å². The summed E-state index contributed by atoms with van der Waals surface area (Å²) in [5.74, 6) is -0.365. The second kappa shape index (κ2) is 6.01. The molecule has 0 spiro atoms. The molecule has 0 amide bonds. The number of hydrogen-bond donors (Lipinski definition) is 2. The Hall–Kier alpha value is -1.35. The summed E-state index contributed by atoms with van der Waals surface area (Å²) in [6.07, 6.45) is 3.94. The highest BCUT2D eigenvalue weighted by molar-refractivity contribution is 5.74. The summed E-state index contributed by atoms with van der Waals surface area (Å²) in [6.45, 7) is 2.10. The Labute approximate surface area is 108 Å². The van der Waals surface area contributed by atoms with Crippen LogP contribution in [0.5, 0.6) is 0 Å². The Bertz CT molecular complexity index is 387. The highest BCUT2D eigenvalue weighted by Gasteiger charge is 2.36. The monoisotopic (exact) mass is 247 g/mol. The molecule has 98 valence electrons. The van der Waals surface area contributed by atoms with Gasteiger partial charge in [0, 0.05) is 6.04 Å². The molecule has 2 rings (SSSR count). The second-order valence-corrected chi connectivity index (χ2v) is 5.11. The molecule has 1 aromatic carbocycles. The molecule has 2 atom stereocenters. The van der Waals surface area contributed by atoms with E-state index in [1.807, 2.05) is 18.2 Å². The number of carbonyl (C=O) groups is 1. The van der Waals surface area contributed by atoms with Crippen molar-refractivity contribution in [1.82, 2.24) is 5.32 Å². The Balaban J connectivity index is 1.94. The summed E-state index contributed by atoms with van der Waals surface area (Å²) in [5, 5.41) is 12.5. The molecule has 2 N–H and O–H groups in total. The van der Waals surface area contributed by atoms with Gasteiger partial charge in [-0.25, -0.2) is 0 Å². The van der Waals surface area contributed by atoms with Crippen molar-refractivity contribution in [2.24, 2.45) is 5.92 Å². The molecular weight excluding hydrogens is 226 g/mol. The van der Waals surface area contributed by atoms with Crippen LogP contribution in [0, 0.1) is 5.92 Å². The third kappa shape index (κ3) is 3.57. The lowest BCUT2D eigenvalue weighted by Gasteiger charge is -2.22. The van der Waals surface area contributed by atoms with Gasteiger partial charge < -0.3 is 10.4 Å². The quantitative estimate of drug-likeness (QED) is 0.778. The minimum Gasteiger partial charge on any atom is -0.480 e. The number of nitrogens with one attached hydrogen (secondary N) is 1. The fraction of sp³-hybridized carbons (Fsp3) is 0.533. The highest BCUT2D eigenvalue weighted by Crippen LogP contribution is 2.33. The van der Waals surface area contributed by atoms with E-state index in [1.54, 1.807) is 0 Å². The van der Waals surface area contributed by atoms with Gasteiger partial charge in [0.25, 0.3) is 0 Å². The normalized spacial score (nSPS) is 18.3. The van der Waals surface area contributed by atoms with Gasteiger partial charge in [0.15, 0.2) is 0 Å². The predicted molar refractivity (Wildman–Crippen MR) is 71.5 cm³/mol. The van der Waals surface area contributed by atoms with Crippen LogP contribution in [0.1, 0.15) is 31.7 Å². The van der Waals surface area contributed by atoms with Gasteiger partial charge in [-0.1, -0.05) is 37.3 Å². The Morgan fingerprint density at radius 2 is 2.06 bits per heavy atom. The van der Waals surface area contributed by atoms with E-state index in [-0.39, 0.29) is 12.1 Å². The predicted octanol–water partition coefficient (Wildman–Crippen LogP) is 2.46. The third-order valence-corrected chi connectivity index (χ3v) is 3.59. The topological polar surface area (TPSA) is 49.3 Å². The minimum absolute atomic E-state index is 0.245. The summed E-state index contributed by atoms with van der Waals surface area (Å²) in [4.78, 5) is 11.2. The number of carboxylic acid groups (broad SMARTS) is 1. The molecule has 18 heavy (non-hydrogen) atoms. The molecule has 1 aromatic rings. The standard InChI is InChI=1S/C15H21NO2/c1-2-13(10-11-6-4-3-5-7-11)16-14(15(17)18)12-8-9-12/h3-7,12-14,16H,2,8-10H2,1H3,(H,17,18). The van der Waals surface area contributed by atoms with Crippen molar-refractivity contribution in [2.75, 3.05) is 0 Å². The van der Waals surface area contributed by atoms with E-state index in [1.165, 1.54) is 5.56 Å². The van der Waals surface area contributed by atoms with Crippen LogP contribution in [-0.2, 0) is 11.2 Å². The number of hydrogen-bond acceptors (Lipinski definition) is 2. The molecule has 2 unspecified atom stereocenters. The second-order valence-electron chi connectivity index (χ2n) is 5.11. The maximum absolute atomic E-state index is 11.2. The number of carboxylic acids is 1. The van der Waals surface area contributed by atoms with Crippen LogP contribution in [0.2, 0.25) is 0 Å². The zero-order chi connectivity index (χ0) is 13.0. The van der Waals surface area contributed by atoms with Gasteiger partial charge in [0.2, 0.25) is 0 Å². The Morgan fingerprint density at radius 1 is 1.39 bits per heavy atom. The largest absolute Gasteiger partial charge is 0.480 e. The molecule has 1 fully saturated rings. The van der Waals surface area contributed by atoms with Gasteiger partial charge in [-0.2, -0.15) is 0 Å². The number of rotatable bonds is 7. The van der Waals surface area contributed by atoms with E-state index in [4.69, 9.17) is 0 Å². The first-order valence-electron chi connectivity index (χ1n) is 6.73. The smallest absolute Gasteiger partial charge is 0.320 e. The SMILES string of the molecule is CCC(Cc1ccccc1)NC(C(=O)O)C1CC1. The van der Waals surface area contributed by atoms with E-state index in [0.717, 1.165) is 25.7 Å². The number of benzene rings is 1. The molecule has 1 aliphatic rings. The van der Waals surface area contributed by atoms with Crippen LogP contribution in [-0.4, -0.2) is 23.2 Å². The van der Waals surface area contributed by atoms with Crippen molar-refractivity contribution in [3.8, 4) is 0 Å². The van der Waals surface area contributed by atoms with Crippen LogP contribution in [0.25, 0.3) is 0 Å². The van der Waals surface area contributed by atoms with Gasteiger partial charge in [-0.05, 0) is 37.2 Å². The summed E-state index contributed by atoms with van der Waals surface area (Å²) >= 11 is 0. The zero-order valence-corrected chi connectivity index (χ0v) is 10.8. The molecule has 0 bridgehead atoms. The molecule has 0 heterocycles. The first-order valence-corrected chi connectivity index (χ1v) is 6.73. The Kier molecular flexibility index (Phi) is 4.37. The van der Waals surface area contributed by atoms with Crippen LogP contribution in [0.15, 0.2) is 30.3 Å². The molecule has 1 aliphatic carbocycles. The first-order chi connectivity index (χ1) is 8.70. The van der Waals surface area contributed by atoms with Gasteiger partial charge in [0.1, 0.15) is 6.04 Å². The van der Waals surface area contributed by atoms with Crippen molar-refractivity contribution >= 4 is 5.97 Å². The van der Waals surface area contributed by atoms with Crippen molar-refractivity contribution in [2.45, 2.75) is 44.7 Å². The van der Waals surface area contributed by atoms with Crippen LogP contribution >= 0.6 is 0 Å². The lowest BCUT2D eigenvalue weighted by atomic mass is 10.0. The lowest BCUT2D eigenvalue weighted by Crippen LogP contribution is -2.45. The van der Waals surface area contributed by atoms with Gasteiger partial charge in [-0.15, -0.1) is 0 Å². The molecule has 1 saturated carbocycles. The van der Waals surface area contributed by atoms with Gasteiger partial charge in [0.05, 0.1) is 0 Å². The summed E-state index contributed by atoms with van der Waals surface area (Å²) in [6, 6.07) is 10.1. The van der Waals surface area contributed by atoms with E-state index < -0.39 is 5.97 Å². The fourth-order valence-corrected chi connectivity index (χ4v) is 2.31. The molecule has 0 saturated heterocycles. The van der Waals surface area contributed by atoms with Crippen molar-refractivity contribution < 1.29 is 9.90 Å².